The minimum atomic E-state index is -4.97. The van der Waals surface area contributed by atoms with E-state index in [9.17, 15) is 43.2 Å². The number of phosphoric acid groups is 2. The zero-order chi connectivity index (χ0) is 76.0. The van der Waals surface area contributed by atoms with E-state index < -0.39 is 97.5 Å². The van der Waals surface area contributed by atoms with Crippen LogP contribution in [-0.4, -0.2) is 96.7 Å². The molecule has 19 heteroatoms. The number of phosphoric ester groups is 2. The van der Waals surface area contributed by atoms with Crippen molar-refractivity contribution in [3.8, 4) is 0 Å². The highest BCUT2D eigenvalue weighted by Crippen LogP contribution is 2.45. The second-order valence-corrected chi connectivity index (χ2v) is 34.3. The topological polar surface area (TPSA) is 237 Å². The average Bonchev–Trinajstić information content (AvgIpc) is 0.908. The number of rotatable bonds is 81. The molecule has 0 saturated heterocycles. The first-order valence-corrected chi connectivity index (χ1v) is 46.3. The fourth-order valence-corrected chi connectivity index (χ4v) is 14.4. The molecule has 0 heterocycles. The van der Waals surface area contributed by atoms with E-state index in [2.05, 4.69) is 55.4 Å². The van der Waals surface area contributed by atoms with Gasteiger partial charge in [-0.05, 0) is 49.4 Å². The normalized spacial score (nSPS) is 14.8. The van der Waals surface area contributed by atoms with Crippen LogP contribution < -0.4 is 0 Å². The standard InChI is InChI=1S/C84H164O17P2/c1-9-75(6)61-53-45-37-31-24-20-16-14-12-13-15-17-22-26-33-39-48-56-64-81(86)94-70-79(100-83(88)66-58-50-40-34-27-23-19-18-21-25-32-38-46-54-62-76(7)10-2)72-98-102(90,91)96-68-78(85)69-97-103(92,93)99-73-80(71-95-82(87)65-57-49-43-42-47-55-63-77(8)11-3)101-84(89)67-59-51-41-35-29-28-30-36-44-52-60-74(4)5/h74-80,85H,9-73H2,1-8H3,(H,90,91)(H,92,93)/t75?,76?,77?,78-,79-,80-/m1/s1. The molecule has 612 valence electrons. The van der Waals surface area contributed by atoms with Gasteiger partial charge in [-0.3, -0.25) is 37.3 Å². The van der Waals surface area contributed by atoms with Gasteiger partial charge in [0.2, 0.25) is 0 Å². The second kappa shape index (κ2) is 72.9. The largest absolute Gasteiger partial charge is 0.472 e. The summed E-state index contributed by atoms with van der Waals surface area (Å²) in [6.07, 6.45) is 61.1. The molecule has 103 heavy (non-hydrogen) atoms. The molecule has 0 amide bonds. The lowest BCUT2D eigenvalue weighted by atomic mass is 9.99. The number of aliphatic hydroxyl groups excluding tert-OH is 1. The summed E-state index contributed by atoms with van der Waals surface area (Å²) in [5.41, 5.74) is 0. The summed E-state index contributed by atoms with van der Waals surface area (Å²) in [4.78, 5) is 73.1. The van der Waals surface area contributed by atoms with Gasteiger partial charge in [0.05, 0.1) is 26.4 Å². The summed E-state index contributed by atoms with van der Waals surface area (Å²) in [6, 6.07) is 0. The van der Waals surface area contributed by atoms with Gasteiger partial charge >= 0.3 is 39.5 Å². The molecule has 0 aromatic rings. The quantitative estimate of drug-likeness (QED) is 0.0222. The average molecular weight is 1510 g/mol. The first kappa shape index (κ1) is 101. The van der Waals surface area contributed by atoms with Gasteiger partial charge in [0.15, 0.2) is 12.2 Å². The predicted molar refractivity (Wildman–Crippen MR) is 423 cm³/mol. The molecular weight excluding hydrogens is 1340 g/mol. The van der Waals surface area contributed by atoms with Crippen molar-refractivity contribution < 1.29 is 80.2 Å². The molecule has 17 nitrogen and oxygen atoms in total. The summed E-state index contributed by atoms with van der Waals surface area (Å²) in [5, 5.41) is 10.7. The van der Waals surface area contributed by atoms with E-state index >= 15 is 0 Å². The van der Waals surface area contributed by atoms with Gasteiger partial charge in [-0.15, -0.1) is 0 Å². The van der Waals surface area contributed by atoms with Crippen molar-refractivity contribution in [3.05, 3.63) is 0 Å². The highest BCUT2D eigenvalue weighted by Gasteiger charge is 2.30. The molecule has 0 fully saturated rings. The van der Waals surface area contributed by atoms with Crippen LogP contribution in [0.25, 0.3) is 0 Å². The van der Waals surface area contributed by atoms with E-state index in [1.165, 1.54) is 231 Å². The molecule has 0 aliphatic carbocycles. The molecule has 0 aromatic carbocycles. The molecule has 0 aliphatic rings. The summed E-state index contributed by atoms with van der Waals surface area (Å²) in [7, 11) is -9.93. The maximum atomic E-state index is 13.1. The van der Waals surface area contributed by atoms with Crippen LogP contribution in [0.15, 0.2) is 0 Å². The van der Waals surface area contributed by atoms with Crippen LogP contribution in [0.5, 0.6) is 0 Å². The van der Waals surface area contributed by atoms with Gasteiger partial charge in [-0.1, -0.05) is 383 Å². The summed E-state index contributed by atoms with van der Waals surface area (Å²) >= 11 is 0. The summed E-state index contributed by atoms with van der Waals surface area (Å²) in [6.45, 7) is 14.3. The first-order chi connectivity index (χ1) is 49.7. The lowest BCUT2D eigenvalue weighted by molar-refractivity contribution is -0.161. The van der Waals surface area contributed by atoms with Crippen LogP contribution in [-0.2, 0) is 65.4 Å². The van der Waals surface area contributed by atoms with Crippen LogP contribution >= 0.6 is 15.6 Å². The SMILES string of the molecule is CCC(C)CCCCCCCCCCCCCCCCCCCCC(=O)OC[C@H](COP(=O)(O)OC[C@@H](O)COP(=O)(O)OC[C@@H](COC(=O)CCCCCCCCC(C)CC)OC(=O)CCCCCCCCCCCCC(C)C)OC(=O)CCCCCCCCCCCCCCCCC(C)CC. The van der Waals surface area contributed by atoms with Gasteiger partial charge in [0, 0.05) is 25.7 Å². The van der Waals surface area contributed by atoms with E-state index in [1.807, 2.05) is 0 Å². The van der Waals surface area contributed by atoms with Crippen LogP contribution in [0.1, 0.15) is 434 Å². The second-order valence-electron chi connectivity index (χ2n) is 31.4. The number of hydrogen-bond acceptors (Lipinski definition) is 15. The molecule has 0 radical (unpaired) electrons. The molecule has 0 spiro atoms. The van der Waals surface area contributed by atoms with Crippen molar-refractivity contribution in [2.24, 2.45) is 23.7 Å². The summed E-state index contributed by atoms with van der Waals surface area (Å²) in [5.74, 6) is 1.09. The van der Waals surface area contributed by atoms with Gasteiger partial charge in [-0.2, -0.15) is 0 Å². The number of carbonyl (C=O) groups is 4. The van der Waals surface area contributed by atoms with Crippen molar-refractivity contribution in [1.82, 2.24) is 0 Å². The Morgan fingerprint density at radius 2 is 0.466 bits per heavy atom. The van der Waals surface area contributed by atoms with Crippen molar-refractivity contribution in [1.29, 1.82) is 0 Å². The van der Waals surface area contributed by atoms with Crippen molar-refractivity contribution in [3.63, 3.8) is 0 Å². The number of carbonyl (C=O) groups excluding carboxylic acids is 4. The van der Waals surface area contributed by atoms with Crippen LogP contribution in [0.4, 0.5) is 0 Å². The number of esters is 4. The molecule has 3 N–H and O–H groups in total. The molecule has 8 atom stereocenters. The maximum absolute atomic E-state index is 13.1. The Bertz CT molecular complexity index is 2010. The highest BCUT2D eigenvalue weighted by molar-refractivity contribution is 7.47. The third-order valence-corrected chi connectivity index (χ3v) is 22.6. The maximum Gasteiger partial charge on any atom is 0.472 e. The molecule has 0 aliphatic heterocycles. The minimum absolute atomic E-state index is 0.105. The van der Waals surface area contributed by atoms with Gasteiger partial charge in [0.25, 0.3) is 0 Å². The molecule has 0 rings (SSSR count). The Labute approximate surface area is 632 Å². The number of ether oxygens (including phenoxy) is 4. The summed E-state index contributed by atoms with van der Waals surface area (Å²) < 4.78 is 68.8. The van der Waals surface area contributed by atoms with Crippen molar-refractivity contribution >= 4 is 39.5 Å². The zero-order valence-electron chi connectivity index (χ0n) is 68.0. The van der Waals surface area contributed by atoms with E-state index in [1.54, 1.807) is 0 Å². The molecule has 0 aromatic heterocycles. The van der Waals surface area contributed by atoms with Crippen LogP contribution in [0.3, 0.4) is 0 Å². The molecule has 0 bridgehead atoms. The number of aliphatic hydroxyl groups is 1. The Hall–Kier alpha value is -1.94. The lowest BCUT2D eigenvalue weighted by Gasteiger charge is -2.21. The highest BCUT2D eigenvalue weighted by atomic mass is 31.2. The van der Waals surface area contributed by atoms with E-state index in [4.69, 9.17) is 37.0 Å². The fourth-order valence-electron chi connectivity index (χ4n) is 12.9. The number of unbranched alkanes of at least 4 members (excludes halogenated alkanes) is 44. The third kappa shape index (κ3) is 74.0. The minimum Gasteiger partial charge on any atom is -0.462 e. The molecule has 0 saturated carbocycles. The van der Waals surface area contributed by atoms with E-state index in [0.29, 0.717) is 25.7 Å². The molecule has 5 unspecified atom stereocenters. The van der Waals surface area contributed by atoms with E-state index in [0.717, 1.165) is 120 Å². The molecular formula is C84H164O17P2. The monoisotopic (exact) mass is 1510 g/mol. The van der Waals surface area contributed by atoms with Crippen LogP contribution in [0, 0.1) is 23.7 Å². The van der Waals surface area contributed by atoms with Gasteiger partial charge < -0.3 is 33.8 Å². The zero-order valence-corrected chi connectivity index (χ0v) is 69.7. The van der Waals surface area contributed by atoms with Crippen molar-refractivity contribution in [2.45, 2.75) is 453 Å². The third-order valence-electron chi connectivity index (χ3n) is 20.7. The smallest absolute Gasteiger partial charge is 0.462 e. The predicted octanol–water partition coefficient (Wildman–Crippen LogP) is 25.2. The lowest BCUT2D eigenvalue weighted by Crippen LogP contribution is -2.30. The Morgan fingerprint density at radius 3 is 0.689 bits per heavy atom. The van der Waals surface area contributed by atoms with E-state index in [-0.39, 0.29) is 25.7 Å². The van der Waals surface area contributed by atoms with Crippen LogP contribution in [0.2, 0.25) is 0 Å². The Balaban J connectivity index is 5.22. The van der Waals surface area contributed by atoms with Crippen molar-refractivity contribution in [2.75, 3.05) is 39.6 Å². The Kier molecular flexibility index (Phi) is 71.5. The first-order valence-electron chi connectivity index (χ1n) is 43.3. The Morgan fingerprint density at radius 1 is 0.272 bits per heavy atom. The van der Waals surface area contributed by atoms with Gasteiger partial charge in [0.1, 0.15) is 19.3 Å². The number of hydrogen-bond donors (Lipinski definition) is 3. The van der Waals surface area contributed by atoms with Gasteiger partial charge in [-0.25, -0.2) is 9.13 Å². The fraction of sp³-hybridized carbons (Fsp3) is 0.952.